The fourth-order valence-corrected chi connectivity index (χ4v) is 8.68. The van der Waals surface area contributed by atoms with E-state index in [1.165, 1.54) is 70.7 Å². The molecule has 0 aliphatic heterocycles. The summed E-state index contributed by atoms with van der Waals surface area (Å²) in [5.74, 6) is 0. The van der Waals surface area contributed by atoms with E-state index in [9.17, 15) is 0 Å². The summed E-state index contributed by atoms with van der Waals surface area (Å²) >= 11 is 0. The van der Waals surface area contributed by atoms with Crippen LogP contribution in [0.25, 0.3) is 92.8 Å². The van der Waals surface area contributed by atoms with Crippen LogP contribution < -0.4 is 5.43 Å². The lowest BCUT2D eigenvalue weighted by molar-refractivity contribution is 1.34. The predicted octanol–water partition coefficient (Wildman–Crippen LogP) is 14.3. The quantitative estimate of drug-likeness (QED) is 0.101. The molecular weight excluding hydrogens is 717 g/mol. The fraction of sp³-hybridized carbons (Fsp3) is 0. The standard InChI is InChI=1S/C55H36N4/c56-52-32-41(24-28-53(52)59-58-45-25-21-37(22-26-45)51-34-57-33-44-13-5-6-14-46(44)51)40-23-27-49-50(31-40)55(43-20-18-36-10-2-4-12-39(36)30-43)48-16-8-7-15-47(48)54(49)42-19-17-35-9-1-3-11-38(35)29-42/h1-34,56,58H/b56-52?,59-53-. The number of hydrogen-bond donors (Lipinski definition) is 2. The Balaban J connectivity index is 0.978. The monoisotopic (exact) mass is 752 g/mol. The van der Waals surface area contributed by atoms with Crippen LogP contribution in [0.1, 0.15) is 5.56 Å². The Morgan fingerprint density at radius 2 is 0.966 bits per heavy atom. The first-order chi connectivity index (χ1) is 29.1. The molecular formula is C55H36N4. The van der Waals surface area contributed by atoms with Gasteiger partial charge >= 0.3 is 0 Å². The highest BCUT2D eigenvalue weighted by molar-refractivity contribution is 6.51. The van der Waals surface area contributed by atoms with Gasteiger partial charge in [-0.2, -0.15) is 5.10 Å². The van der Waals surface area contributed by atoms with Gasteiger partial charge in [0.25, 0.3) is 0 Å². The maximum Gasteiger partial charge on any atom is 0.108 e. The Labute approximate surface area is 341 Å². The Kier molecular flexibility index (Phi) is 8.26. The normalized spacial score (nSPS) is 13.5. The van der Waals surface area contributed by atoms with Crippen LogP contribution >= 0.6 is 0 Å². The molecule has 0 saturated carbocycles. The van der Waals surface area contributed by atoms with Crippen molar-refractivity contribution in [3.8, 4) is 33.4 Å². The van der Waals surface area contributed by atoms with E-state index < -0.39 is 0 Å². The van der Waals surface area contributed by atoms with Crippen LogP contribution in [0.5, 0.6) is 0 Å². The average molecular weight is 753 g/mol. The molecule has 4 heteroatoms. The fourth-order valence-electron chi connectivity index (χ4n) is 8.68. The SMILES string of the molecule is N=C1C=C(c2ccc3c(-c4ccc5ccccc5c4)c4ccccc4c(-c4ccc5ccccc5c4)c3c2)C=C/C1=N/Nc1ccc(-c2cncc3ccccc23)cc1. The van der Waals surface area contributed by atoms with Crippen molar-refractivity contribution in [3.05, 3.63) is 212 Å². The largest absolute Gasteiger partial charge is 0.299 e. The second kappa shape index (κ2) is 14.2. The summed E-state index contributed by atoms with van der Waals surface area (Å²) < 4.78 is 0. The summed E-state index contributed by atoms with van der Waals surface area (Å²) in [6.45, 7) is 0. The summed E-state index contributed by atoms with van der Waals surface area (Å²) in [6.07, 6.45) is 9.72. The molecule has 1 heterocycles. The second-order valence-corrected chi connectivity index (χ2v) is 15.1. The number of nitrogens with zero attached hydrogens (tertiary/aromatic N) is 2. The van der Waals surface area contributed by atoms with Gasteiger partial charge in [-0.25, -0.2) is 0 Å². The molecule has 0 unspecified atom stereocenters. The zero-order valence-corrected chi connectivity index (χ0v) is 32.0. The molecule has 0 radical (unpaired) electrons. The molecule has 1 aliphatic carbocycles. The number of rotatable bonds is 6. The van der Waals surface area contributed by atoms with Crippen LogP contribution in [0.3, 0.4) is 0 Å². The first-order valence-corrected chi connectivity index (χ1v) is 19.9. The summed E-state index contributed by atoms with van der Waals surface area (Å²) in [5, 5.41) is 25.6. The molecule has 1 aliphatic rings. The minimum absolute atomic E-state index is 0.346. The van der Waals surface area contributed by atoms with Gasteiger partial charge in [0.2, 0.25) is 0 Å². The number of nitrogens with one attached hydrogen (secondary N) is 2. The van der Waals surface area contributed by atoms with Crippen molar-refractivity contribution in [2.24, 2.45) is 5.10 Å². The van der Waals surface area contributed by atoms with Crippen LogP contribution in [0.4, 0.5) is 5.69 Å². The van der Waals surface area contributed by atoms with E-state index in [4.69, 9.17) is 5.41 Å². The van der Waals surface area contributed by atoms with Gasteiger partial charge in [-0.1, -0.05) is 152 Å². The summed E-state index contributed by atoms with van der Waals surface area (Å²) in [4.78, 5) is 4.45. The lowest BCUT2D eigenvalue weighted by Gasteiger charge is -2.20. The Morgan fingerprint density at radius 3 is 1.63 bits per heavy atom. The Hall–Kier alpha value is -7.95. The van der Waals surface area contributed by atoms with Crippen molar-refractivity contribution in [2.75, 3.05) is 5.43 Å². The molecule has 0 saturated heterocycles. The minimum atomic E-state index is 0.346. The van der Waals surface area contributed by atoms with Crippen LogP contribution in [-0.4, -0.2) is 16.4 Å². The molecule has 0 amide bonds. The number of pyridine rings is 1. The maximum absolute atomic E-state index is 9.05. The van der Waals surface area contributed by atoms with Crippen LogP contribution in [-0.2, 0) is 0 Å². The second-order valence-electron chi connectivity index (χ2n) is 15.1. The van der Waals surface area contributed by atoms with E-state index in [0.717, 1.165) is 33.3 Å². The summed E-state index contributed by atoms with van der Waals surface area (Å²) in [5.41, 5.74) is 13.9. The Bertz CT molecular complexity index is 3420. The number of anilines is 1. The number of benzene rings is 9. The molecule has 1 aromatic heterocycles. The van der Waals surface area contributed by atoms with Crippen molar-refractivity contribution in [3.63, 3.8) is 0 Å². The zero-order chi connectivity index (χ0) is 39.3. The smallest absolute Gasteiger partial charge is 0.108 e. The third-order valence-electron chi connectivity index (χ3n) is 11.6. The van der Waals surface area contributed by atoms with Crippen molar-refractivity contribution in [1.29, 1.82) is 5.41 Å². The van der Waals surface area contributed by atoms with Gasteiger partial charge < -0.3 is 0 Å². The van der Waals surface area contributed by atoms with Gasteiger partial charge in [-0.3, -0.25) is 15.8 Å². The molecule has 4 nitrogen and oxygen atoms in total. The third kappa shape index (κ3) is 6.15. The maximum atomic E-state index is 9.05. The topological polar surface area (TPSA) is 61.1 Å². The molecule has 59 heavy (non-hydrogen) atoms. The van der Waals surface area contributed by atoms with E-state index in [-0.39, 0.29) is 0 Å². The molecule has 2 N–H and O–H groups in total. The predicted molar refractivity (Wildman–Crippen MR) is 250 cm³/mol. The molecule has 0 spiro atoms. The van der Waals surface area contributed by atoms with Gasteiger partial charge in [0, 0.05) is 23.3 Å². The van der Waals surface area contributed by atoms with Crippen molar-refractivity contribution >= 4 is 76.5 Å². The van der Waals surface area contributed by atoms with E-state index in [2.05, 4.69) is 179 Å². The molecule has 0 fully saturated rings. The highest BCUT2D eigenvalue weighted by Gasteiger charge is 2.19. The van der Waals surface area contributed by atoms with Crippen LogP contribution in [0.2, 0.25) is 0 Å². The molecule has 0 atom stereocenters. The van der Waals surface area contributed by atoms with Crippen LogP contribution in [0.15, 0.2) is 212 Å². The van der Waals surface area contributed by atoms with E-state index >= 15 is 0 Å². The number of hydrazone groups is 1. The molecule has 0 bridgehead atoms. The van der Waals surface area contributed by atoms with E-state index in [1.54, 1.807) is 0 Å². The average Bonchev–Trinajstić information content (AvgIpc) is 3.30. The van der Waals surface area contributed by atoms with E-state index in [0.29, 0.717) is 11.4 Å². The minimum Gasteiger partial charge on any atom is -0.299 e. The first kappa shape index (κ1) is 34.3. The number of hydrogen-bond acceptors (Lipinski definition) is 4. The highest BCUT2D eigenvalue weighted by atomic mass is 15.3. The van der Waals surface area contributed by atoms with Gasteiger partial charge in [0.15, 0.2) is 0 Å². The number of fused-ring (bicyclic) bond motifs is 5. The van der Waals surface area contributed by atoms with Crippen LogP contribution in [0, 0.1) is 5.41 Å². The molecule has 276 valence electrons. The number of aromatic nitrogens is 1. The van der Waals surface area contributed by atoms with Crippen molar-refractivity contribution < 1.29 is 0 Å². The third-order valence-corrected chi connectivity index (χ3v) is 11.6. The lowest BCUT2D eigenvalue weighted by Crippen LogP contribution is -2.13. The Morgan fingerprint density at radius 1 is 0.424 bits per heavy atom. The van der Waals surface area contributed by atoms with Crippen molar-refractivity contribution in [1.82, 2.24) is 4.98 Å². The molecule has 11 rings (SSSR count). The van der Waals surface area contributed by atoms with Gasteiger partial charge in [-0.05, 0) is 130 Å². The molecule has 9 aromatic carbocycles. The van der Waals surface area contributed by atoms with Gasteiger partial charge in [0.05, 0.1) is 11.4 Å². The van der Waals surface area contributed by atoms with E-state index in [1.807, 2.05) is 42.7 Å². The lowest BCUT2D eigenvalue weighted by atomic mass is 9.84. The first-order valence-electron chi connectivity index (χ1n) is 19.9. The summed E-state index contributed by atoms with van der Waals surface area (Å²) in [7, 11) is 0. The summed E-state index contributed by atoms with van der Waals surface area (Å²) in [6, 6.07) is 62.8. The highest BCUT2D eigenvalue weighted by Crippen LogP contribution is 2.45. The van der Waals surface area contributed by atoms with Crippen molar-refractivity contribution in [2.45, 2.75) is 0 Å². The number of allylic oxidation sites excluding steroid dienone is 4. The molecule has 10 aromatic rings. The van der Waals surface area contributed by atoms with Gasteiger partial charge in [-0.15, -0.1) is 0 Å². The zero-order valence-electron chi connectivity index (χ0n) is 32.0. The van der Waals surface area contributed by atoms with Gasteiger partial charge in [0.1, 0.15) is 5.71 Å².